The minimum absolute atomic E-state index is 0.0168. The fourth-order valence-electron chi connectivity index (χ4n) is 6.35. The third-order valence-electron chi connectivity index (χ3n) is 8.14. The summed E-state index contributed by atoms with van der Waals surface area (Å²) < 4.78 is 0. The Labute approximate surface area is 214 Å². The lowest BCUT2D eigenvalue weighted by molar-refractivity contribution is -0.134. The molecule has 0 aliphatic carbocycles. The number of aliphatic hydroxyl groups is 1. The van der Waals surface area contributed by atoms with Crippen molar-refractivity contribution in [1.82, 2.24) is 19.8 Å². The number of hydrogen-bond acceptors (Lipinski definition) is 4. The van der Waals surface area contributed by atoms with Gasteiger partial charge in [-0.05, 0) is 99.8 Å². The molecule has 2 aliphatic rings. The van der Waals surface area contributed by atoms with Gasteiger partial charge in [0.15, 0.2) is 0 Å². The molecule has 5 rings (SSSR count). The van der Waals surface area contributed by atoms with Crippen molar-refractivity contribution in [3.05, 3.63) is 52.8 Å². The first-order valence-corrected chi connectivity index (χ1v) is 13.6. The number of nitrogens with zero attached hydrogens (tertiary/aromatic N) is 3. The summed E-state index contributed by atoms with van der Waals surface area (Å²) >= 11 is 0. The van der Waals surface area contributed by atoms with Crippen LogP contribution in [0.2, 0.25) is 0 Å². The Kier molecular flexibility index (Phi) is 7.18. The van der Waals surface area contributed by atoms with E-state index in [4.69, 9.17) is 0 Å². The number of aryl methyl sites for hydroxylation is 2. The van der Waals surface area contributed by atoms with Crippen molar-refractivity contribution in [2.45, 2.75) is 71.3 Å². The molecule has 6 heteroatoms. The summed E-state index contributed by atoms with van der Waals surface area (Å²) in [7, 11) is 0. The summed E-state index contributed by atoms with van der Waals surface area (Å²) in [6.07, 6.45) is 4.06. The number of aromatic amines is 1. The second-order valence-corrected chi connectivity index (χ2v) is 11.1. The van der Waals surface area contributed by atoms with E-state index in [-0.39, 0.29) is 18.6 Å². The van der Waals surface area contributed by atoms with Crippen LogP contribution in [0.1, 0.15) is 73.9 Å². The molecule has 0 spiro atoms. The molecule has 1 atom stereocenters. The first kappa shape index (κ1) is 25.0. The number of H-pyrrole nitrogens is 1. The topological polar surface area (TPSA) is 72.5 Å². The van der Waals surface area contributed by atoms with Crippen molar-refractivity contribution < 1.29 is 9.90 Å². The molecule has 6 nitrogen and oxygen atoms in total. The number of fused-ring (bicyclic) bond motifs is 1. The number of nitrogens with one attached hydrogen (secondary N) is 1. The first-order valence-electron chi connectivity index (χ1n) is 13.6. The number of likely N-dealkylation sites (tertiary alicyclic amines) is 2. The van der Waals surface area contributed by atoms with Crippen LogP contribution in [-0.4, -0.2) is 69.6 Å². The molecule has 0 radical (unpaired) electrons. The smallest absolute Gasteiger partial charge is 0.237 e. The Morgan fingerprint density at radius 2 is 1.81 bits per heavy atom. The second-order valence-electron chi connectivity index (χ2n) is 11.1. The van der Waals surface area contributed by atoms with E-state index >= 15 is 0 Å². The van der Waals surface area contributed by atoms with Gasteiger partial charge in [-0.15, -0.1) is 0 Å². The van der Waals surface area contributed by atoms with E-state index in [1.165, 1.54) is 33.3 Å². The number of piperidine rings is 1. The SMILES string of the molecule is Cc1cc(-c2[nH]c3ccc(C4CCN(CC(=O)N5CCC[C@H]5CO)CC4)cc3c2C(C)C)cc(C)n1. The highest BCUT2D eigenvalue weighted by Crippen LogP contribution is 2.38. The molecule has 36 heavy (non-hydrogen) atoms. The van der Waals surface area contributed by atoms with Crippen LogP contribution in [0.3, 0.4) is 0 Å². The highest BCUT2D eigenvalue weighted by molar-refractivity contribution is 5.92. The monoisotopic (exact) mass is 488 g/mol. The Bertz CT molecular complexity index is 1220. The standard InChI is InChI=1S/C30H40N4O2/c1-19(2)29-26-16-23(7-8-27(26)32-30(29)24-14-20(3)31-21(4)15-24)22-9-12-33(13-10-22)17-28(36)34-11-5-6-25(34)18-35/h7-8,14-16,19,22,25,32,35H,5-6,9-13,17-18H2,1-4H3/t25-/m0/s1. The van der Waals surface area contributed by atoms with Gasteiger partial charge in [0.1, 0.15) is 0 Å². The molecular formula is C30H40N4O2. The summed E-state index contributed by atoms with van der Waals surface area (Å²) in [5.41, 5.74) is 8.48. The zero-order chi connectivity index (χ0) is 25.4. The number of aliphatic hydroxyl groups excluding tert-OH is 1. The van der Waals surface area contributed by atoms with Gasteiger partial charge in [0.25, 0.3) is 0 Å². The van der Waals surface area contributed by atoms with Crippen LogP contribution < -0.4 is 0 Å². The van der Waals surface area contributed by atoms with Crippen molar-refractivity contribution in [3.63, 3.8) is 0 Å². The van der Waals surface area contributed by atoms with Gasteiger partial charge in [-0.25, -0.2) is 0 Å². The summed E-state index contributed by atoms with van der Waals surface area (Å²) in [5.74, 6) is 1.09. The van der Waals surface area contributed by atoms with Crippen LogP contribution in [0.4, 0.5) is 0 Å². The minimum atomic E-state index is 0.0168. The van der Waals surface area contributed by atoms with Gasteiger partial charge >= 0.3 is 0 Å². The summed E-state index contributed by atoms with van der Waals surface area (Å²) in [4.78, 5) is 25.3. The molecule has 1 aromatic carbocycles. The van der Waals surface area contributed by atoms with Crippen LogP contribution in [-0.2, 0) is 4.79 Å². The lowest BCUT2D eigenvalue weighted by Gasteiger charge is -2.33. The molecule has 4 heterocycles. The van der Waals surface area contributed by atoms with E-state index in [1.54, 1.807) is 0 Å². The quantitative estimate of drug-likeness (QED) is 0.504. The summed E-state index contributed by atoms with van der Waals surface area (Å²) in [5, 5.41) is 10.9. The number of benzene rings is 1. The Morgan fingerprint density at radius 1 is 1.08 bits per heavy atom. The molecule has 0 unspecified atom stereocenters. The second kappa shape index (κ2) is 10.3. The van der Waals surface area contributed by atoms with Gasteiger partial charge in [0.05, 0.1) is 24.9 Å². The largest absolute Gasteiger partial charge is 0.394 e. The minimum Gasteiger partial charge on any atom is -0.394 e. The molecule has 2 aromatic heterocycles. The number of amides is 1. The van der Waals surface area contributed by atoms with Crippen molar-refractivity contribution in [3.8, 4) is 11.3 Å². The van der Waals surface area contributed by atoms with E-state index in [2.05, 4.69) is 72.9 Å². The molecular weight excluding hydrogens is 448 g/mol. The maximum atomic E-state index is 12.8. The van der Waals surface area contributed by atoms with Crippen LogP contribution in [0, 0.1) is 13.8 Å². The van der Waals surface area contributed by atoms with Crippen molar-refractivity contribution >= 4 is 16.8 Å². The Morgan fingerprint density at radius 3 is 2.47 bits per heavy atom. The number of carbonyl (C=O) groups excluding carboxylic acids is 1. The van der Waals surface area contributed by atoms with Crippen LogP contribution in [0.25, 0.3) is 22.2 Å². The molecule has 0 bridgehead atoms. The van der Waals surface area contributed by atoms with Crippen LogP contribution in [0.15, 0.2) is 30.3 Å². The predicted octanol–water partition coefficient (Wildman–Crippen LogP) is 5.13. The maximum Gasteiger partial charge on any atom is 0.237 e. The molecule has 2 N–H and O–H groups in total. The zero-order valence-corrected chi connectivity index (χ0v) is 22.2. The first-order chi connectivity index (χ1) is 17.3. The lowest BCUT2D eigenvalue weighted by atomic mass is 9.87. The Hall–Kier alpha value is -2.70. The van der Waals surface area contributed by atoms with Gasteiger partial charge < -0.3 is 15.0 Å². The van der Waals surface area contributed by atoms with Crippen molar-refractivity contribution in [2.75, 3.05) is 32.8 Å². The normalized spacial score (nSPS) is 19.6. The van der Waals surface area contributed by atoms with Crippen LogP contribution in [0.5, 0.6) is 0 Å². The molecule has 1 amide bonds. The lowest BCUT2D eigenvalue weighted by Crippen LogP contribution is -2.45. The number of pyridine rings is 1. The highest BCUT2D eigenvalue weighted by Gasteiger charge is 2.30. The third kappa shape index (κ3) is 4.94. The number of hydrogen-bond donors (Lipinski definition) is 2. The highest BCUT2D eigenvalue weighted by atomic mass is 16.3. The molecule has 2 fully saturated rings. The number of carbonyl (C=O) groups is 1. The zero-order valence-electron chi connectivity index (χ0n) is 22.2. The van der Waals surface area contributed by atoms with E-state index in [1.807, 2.05) is 4.90 Å². The molecule has 2 saturated heterocycles. The van der Waals surface area contributed by atoms with Crippen molar-refractivity contribution in [2.24, 2.45) is 0 Å². The average Bonchev–Trinajstić information content (AvgIpc) is 3.48. The average molecular weight is 489 g/mol. The molecule has 2 aliphatic heterocycles. The van der Waals surface area contributed by atoms with Gasteiger partial charge in [-0.3, -0.25) is 14.7 Å². The predicted molar refractivity (Wildman–Crippen MR) is 145 cm³/mol. The fraction of sp³-hybridized carbons (Fsp3) is 0.533. The van der Waals surface area contributed by atoms with E-state index in [0.717, 1.165) is 56.7 Å². The van der Waals surface area contributed by atoms with Crippen LogP contribution >= 0.6 is 0 Å². The maximum absolute atomic E-state index is 12.8. The summed E-state index contributed by atoms with van der Waals surface area (Å²) in [6.45, 7) is 11.9. The van der Waals surface area contributed by atoms with Gasteiger partial charge in [0.2, 0.25) is 5.91 Å². The van der Waals surface area contributed by atoms with E-state index < -0.39 is 0 Å². The molecule has 0 saturated carbocycles. The Balaban J connectivity index is 1.33. The fourth-order valence-corrected chi connectivity index (χ4v) is 6.35. The molecule has 192 valence electrons. The van der Waals surface area contributed by atoms with Gasteiger partial charge in [0, 0.05) is 34.4 Å². The third-order valence-corrected chi connectivity index (χ3v) is 8.14. The number of rotatable bonds is 6. The summed E-state index contributed by atoms with van der Waals surface area (Å²) in [6, 6.07) is 11.3. The van der Waals surface area contributed by atoms with Gasteiger partial charge in [-0.1, -0.05) is 19.9 Å². The van der Waals surface area contributed by atoms with E-state index in [0.29, 0.717) is 18.4 Å². The number of aromatic nitrogens is 2. The molecule has 3 aromatic rings. The van der Waals surface area contributed by atoms with Crippen molar-refractivity contribution in [1.29, 1.82) is 0 Å². The van der Waals surface area contributed by atoms with E-state index in [9.17, 15) is 9.90 Å². The van der Waals surface area contributed by atoms with Gasteiger partial charge in [-0.2, -0.15) is 0 Å².